The summed E-state index contributed by atoms with van der Waals surface area (Å²) in [5.41, 5.74) is 4.79. The molecule has 10 heteroatoms. The van der Waals surface area contributed by atoms with Crippen LogP contribution in [0.3, 0.4) is 0 Å². The predicted octanol–water partition coefficient (Wildman–Crippen LogP) is 6.21. The molecule has 0 radical (unpaired) electrons. The van der Waals surface area contributed by atoms with Gasteiger partial charge < -0.3 is 23.5 Å². The van der Waals surface area contributed by atoms with Crippen molar-refractivity contribution in [1.82, 2.24) is 14.5 Å². The summed E-state index contributed by atoms with van der Waals surface area (Å²) in [6.07, 6.45) is 3.59. The molecule has 0 aliphatic carbocycles. The van der Waals surface area contributed by atoms with Gasteiger partial charge in [-0.2, -0.15) is 0 Å². The predicted molar refractivity (Wildman–Crippen MR) is 160 cm³/mol. The minimum atomic E-state index is -0.570. The summed E-state index contributed by atoms with van der Waals surface area (Å²) in [7, 11) is 1.39. The number of carbonyl (C=O) groups excluding carboxylic acids is 1. The van der Waals surface area contributed by atoms with E-state index in [1.807, 2.05) is 30.3 Å². The third-order valence-corrected chi connectivity index (χ3v) is 8.61. The number of para-hydroxylation sites is 1. The highest BCUT2D eigenvalue weighted by Crippen LogP contribution is 2.43. The molecule has 4 aromatic rings. The SMILES string of the molecule is COC(=O)c1ccc2nc(CN3CC=C(c4cccc5c4OC(c4ccc(Cl)cc4F)CO5)CC3)n(CC3CCO3)c2c1. The molecule has 1 aromatic heterocycles. The van der Waals surface area contributed by atoms with Gasteiger partial charge in [0.05, 0.1) is 42.9 Å². The molecule has 1 fully saturated rings. The number of fused-ring (bicyclic) bond motifs is 2. The van der Waals surface area contributed by atoms with E-state index in [9.17, 15) is 9.18 Å². The van der Waals surface area contributed by atoms with Crippen LogP contribution in [-0.4, -0.2) is 59.9 Å². The molecule has 0 amide bonds. The summed E-state index contributed by atoms with van der Waals surface area (Å²) < 4.78 is 39.9. The maximum atomic E-state index is 14.7. The highest BCUT2D eigenvalue weighted by Gasteiger charge is 2.29. The Bertz CT molecular complexity index is 1730. The number of halogens is 2. The number of ether oxygens (including phenoxy) is 4. The monoisotopic (exact) mass is 603 g/mol. The molecule has 4 heterocycles. The van der Waals surface area contributed by atoms with Crippen LogP contribution >= 0.6 is 11.6 Å². The number of methoxy groups -OCH3 is 1. The minimum Gasteiger partial charge on any atom is -0.485 e. The van der Waals surface area contributed by atoms with Gasteiger partial charge in [-0.05, 0) is 54.8 Å². The Labute approximate surface area is 253 Å². The summed E-state index contributed by atoms with van der Waals surface area (Å²) in [5, 5.41) is 0.342. The van der Waals surface area contributed by atoms with E-state index in [0.717, 1.165) is 60.5 Å². The van der Waals surface area contributed by atoms with Crippen molar-refractivity contribution in [3.63, 3.8) is 0 Å². The average Bonchev–Trinajstić information content (AvgIpc) is 3.34. The van der Waals surface area contributed by atoms with E-state index >= 15 is 0 Å². The van der Waals surface area contributed by atoms with Crippen molar-refractivity contribution >= 4 is 34.2 Å². The second-order valence-electron chi connectivity index (χ2n) is 11.0. The molecular weight excluding hydrogens is 573 g/mol. The molecule has 222 valence electrons. The normalized spacial score (nSPS) is 20.0. The largest absolute Gasteiger partial charge is 0.485 e. The van der Waals surface area contributed by atoms with Crippen molar-refractivity contribution in [1.29, 1.82) is 0 Å². The van der Waals surface area contributed by atoms with Crippen LogP contribution in [0.25, 0.3) is 16.6 Å². The summed E-state index contributed by atoms with van der Waals surface area (Å²) in [6.45, 7) is 3.88. The lowest BCUT2D eigenvalue weighted by atomic mass is 9.97. The molecule has 0 N–H and O–H groups in total. The van der Waals surface area contributed by atoms with Crippen molar-refractivity contribution in [2.75, 3.05) is 33.4 Å². The average molecular weight is 604 g/mol. The molecule has 8 nitrogen and oxygen atoms in total. The third kappa shape index (κ3) is 5.48. The van der Waals surface area contributed by atoms with Gasteiger partial charge in [-0.1, -0.05) is 35.9 Å². The van der Waals surface area contributed by atoms with Gasteiger partial charge in [0, 0.05) is 35.8 Å². The fourth-order valence-electron chi connectivity index (χ4n) is 5.94. The van der Waals surface area contributed by atoms with Crippen molar-refractivity contribution in [3.05, 3.63) is 94.0 Å². The van der Waals surface area contributed by atoms with Crippen LogP contribution in [0.15, 0.2) is 60.7 Å². The fourth-order valence-corrected chi connectivity index (χ4v) is 6.09. The zero-order valence-corrected chi connectivity index (χ0v) is 24.5. The summed E-state index contributed by atoms with van der Waals surface area (Å²) in [4.78, 5) is 19.5. The molecule has 1 saturated heterocycles. The summed E-state index contributed by atoms with van der Waals surface area (Å²) in [5.74, 6) is 1.45. The molecule has 3 aromatic carbocycles. The molecule has 0 saturated carbocycles. The Balaban J connectivity index is 1.11. The second kappa shape index (κ2) is 11.6. The lowest BCUT2D eigenvalue weighted by molar-refractivity contribution is -0.0591. The number of hydrogen-bond donors (Lipinski definition) is 0. The summed E-state index contributed by atoms with van der Waals surface area (Å²) in [6, 6.07) is 16.0. The van der Waals surface area contributed by atoms with Gasteiger partial charge in [-0.3, -0.25) is 4.90 Å². The zero-order chi connectivity index (χ0) is 29.5. The molecule has 0 spiro atoms. The maximum absolute atomic E-state index is 14.7. The number of esters is 1. The van der Waals surface area contributed by atoms with Gasteiger partial charge in [-0.15, -0.1) is 0 Å². The number of imidazole rings is 1. The van der Waals surface area contributed by atoms with E-state index < -0.39 is 11.9 Å². The zero-order valence-electron chi connectivity index (χ0n) is 23.7. The number of rotatable bonds is 7. The summed E-state index contributed by atoms with van der Waals surface area (Å²) >= 11 is 5.96. The van der Waals surface area contributed by atoms with E-state index in [-0.39, 0.29) is 18.7 Å². The molecule has 2 atom stereocenters. The van der Waals surface area contributed by atoms with Crippen LogP contribution in [0.4, 0.5) is 4.39 Å². The van der Waals surface area contributed by atoms with Gasteiger partial charge in [-0.25, -0.2) is 14.2 Å². The van der Waals surface area contributed by atoms with Crippen LogP contribution in [0.1, 0.15) is 46.3 Å². The van der Waals surface area contributed by atoms with Gasteiger partial charge in [0.25, 0.3) is 0 Å². The first-order valence-electron chi connectivity index (χ1n) is 14.4. The van der Waals surface area contributed by atoms with E-state index in [4.69, 9.17) is 35.5 Å². The highest BCUT2D eigenvalue weighted by molar-refractivity contribution is 6.30. The lowest BCUT2D eigenvalue weighted by Crippen LogP contribution is -2.33. The van der Waals surface area contributed by atoms with Crippen LogP contribution in [0, 0.1) is 5.82 Å². The number of aromatic nitrogens is 2. The van der Waals surface area contributed by atoms with Crippen LogP contribution in [0.2, 0.25) is 5.02 Å². The third-order valence-electron chi connectivity index (χ3n) is 8.37. The fraction of sp³-hybridized carbons (Fsp3) is 0.333. The van der Waals surface area contributed by atoms with Gasteiger partial charge in [0.15, 0.2) is 17.6 Å². The molecule has 7 rings (SSSR count). The first-order chi connectivity index (χ1) is 21.0. The van der Waals surface area contributed by atoms with Crippen molar-refractivity contribution in [2.45, 2.75) is 38.1 Å². The van der Waals surface area contributed by atoms with Gasteiger partial charge in [0.1, 0.15) is 18.2 Å². The molecule has 2 unspecified atom stereocenters. The highest BCUT2D eigenvalue weighted by atomic mass is 35.5. The standard InChI is InChI=1S/C33H31ClFN3O5/c1-40-33(39)21-5-8-27-28(15-21)38(17-23-11-14-41-23)31(36-27)18-37-12-9-20(10-13-37)24-3-2-4-29-32(24)43-30(19-42-29)25-7-6-22(34)16-26(25)35/h2-9,15-16,23,30H,10-14,17-19H2,1H3. The van der Waals surface area contributed by atoms with E-state index in [0.29, 0.717) is 40.7 Å². The maximum Gasteiger partial charge on any atom is 0.337 e. The first-order valence-corrected chi connectivity index (χ1v) is 14.8. The van der Waals surface area contributed by atoms with Crippen molar-refractivity contribution < 1.29 is 28.1 Å². The number of carbonyl (C=O) groups is 1. The Kier molecular flexibility index (Phi) is 7.55. The molecule has 3 aliphatic rings. The van der Waals surface area contributed by atoms with E-state index in [2.05, 4.69) is 15.5 Å². The molecule has 3 aliphatic heterocycles. The minimum absolute atomic E-state index is 0.141. The quantitative estimate of drug-likeness (QED) is 0.233. The molecule has 0 bridgehead atoms. The van der Waals surface area contributed by atoms with Gasteiger partial charge in [0.2, 0.25) is 0 Å². The number of benzene rings is 3. The Hall–Kier alpha value is -3.92. The lowest BCUT2D eigenvalue weighted by Gasteiger charge is -2.31. The van der Waals surface area contributed by atoms with Crippen LogP contribution in [0.5, 0.6) is 11.5 Å². The Morgan fingerprint density at radius 2 is 2.07 bits per heavy atom. The first kappa shape index (κ1) is 27.9. The van der Waals surface area contributed by atoms with Crippen LogP contribution in [-0.2, 0) is 22.6 Å². The number of nitrogens with zero attached hydrogens (tertiary/aromatic N) is 3. The van der Waals surface area contributed by atoms with Gasteiger partial charge >= 0.3 is 5.97 Å². The Morgan fingerprint density at radius 1 is 1.19 bits per heavy atom. The van der Waals surface area contributed by atoms with E-state index in [1.165, 1.54) is 13.2 Å². The van der Waals surface area contributed by atoms with Crippen LogP contribution < -0.4 is 9.47 Å². The topological polar surface area (TPSA) is 75.0 Å². The number of hydrogen-bond acceptors (Lipinski definition) is 7. The smallest absolute Gasteiger partial charge is 0.337 e. The Morgan fingerprint density at radius 3 is 2.81 bits per heavy atom. The molecular formula is C33H31ClFN3O5. The second-order valence-corrected chi connectivity index (χ2v) is 11.5. The van der Waals surface area contributed by atoms with Crippen molar-refractivity contribution in [3.8, 4) is 11.5 Å². The molecule has 43 heavy (non-hydrogen) atoms. The van der Waals surface area contributed by atoms with E-state index in [1.54, 1.807) is 18.2 Å². The van der Waals surface area contributed by atoms with Crippen molar-refractivity contribution in [2.24, 2.45) is 0 Å².